The molecule has 1 aliphatic heterocycles. The molecule has 0 bridgehead atoms. The van der Waals surface area contributed by atoms with Gasteiger partial charge in [0.05, 0.1) is 7.11 Å². The zero-order valence-electron chi connectivity index (χ0n) is 14.0. The lowest BCUT2D eigenvalue weighted by Gasteiger charge is -2.34. The average molecular weight is 310 g/mol. The largest absolute Gasteiger partial charge is 0.496 e. The summed E-state index contributed by atoms with van der Waals surface area (Å²) >= 11 is 0. The minimum atomic E-state index is 0.373. The van der Waals surface area contributed by atoms with Crippen LogP contribution in [0.15, 0.2) is 48.5 Å². The first-order chi connectivity index (χ1) is 11.3. The Labute approximate surface area is 139 Å². The van der Waals surface area contributed by atoms with Crippen LogP contribution in [0, 0.1) is 6.92 Å². The second-order valence-electron chi connectivity index (χ2n) is 6.29. The Hall–Kier alpha value is -1.84. The lowest BCUT2D eigenvalue weighted by molar-refractivity contribution is 0.302. The maximum atomic E-state index is 5.46. The SMILES string of the molecule is COc1ccccc1CN[C@H]1CCCN[C@H]1c1cccc(C)c1. The molecular weight excluding hydrogens is 284 g/mol. The number of nitrogens with one attached hydrogen (secondary N) is 2. The van der Waals surface area contributed by atoms with E-state index >= 15 is 0 Å². The van der Waals surface area contributed by atoms with Crippen molar-refractivity contribution in [2.75, 3.05) is 13.7 Å². The molecule has 2 atom stereocenters. The van der Waals surface area contributed by atoms with Gasteiger partial charge in [0.25, 0.3) is 0 Å². The van der Waals surface area contributed by atoms with Crippen molar-refractivity contribution in [2.24, 2.45) is 0 Å². The molecule has 0 saturated carbocycles. The van der Waals surface area contributed by atoms with Gasteiger partial charge in [0.2, 0.25) is 0 Å². The molecule has 0 unspecified atom stereocenters. The van der Waals surface area contributed by atoms with Gasteiger partial charge in [-0.15, -0.1) is 0 Å². The van der Waals surface area contributed by atoms with Crippen molar-refractivity contribution >= 4 is 0 Å². The number of benzene rings is 2. The van der Waals surface area contributed by atoms with Crippen molar-refractivity contribution in [2.45, 2.75) is 38.4 Å². The standard InChI is InChI=1S/C20H26N2O/c1-15-7-5-9-16(13-15)20-18(10-6-12-21-20)22-14-17-8-3-4-11-19(17)23-2/h3-5,7-9,11,13,18,20-22H,6,10,12,14H2,1-2H3/t18-,20-/m0/s1. The number of rotatable bonds is 5. The van der Waals surface area contributed by atoms with Gasteiger partial charge in [-0.1, -0.05) is 48.0 Å². The second kappa shape index (κ2) is 7.62. The van der Waals surface area contributed by atoms with Crippen molar-refractivity contribution in [1.29, 1.82) is 0 Å². The Morgan fingerprint density at radius 3 is 2.87 bits per heavy atom. The molecule has 2 aromatic rings. The molecule has 3 rings (SSSR count). The lowest BCUT2D eigenvalue weighted by atomic mass is 9.91. The van der Waals surface area contributed by atoms with Gasteiger partial charge in [-0.25, -0.2) is 0 Å². The van der Waals surface area contributed by atoms with Crippen LogP contribution in [0.1, 0.15) is 35.6 Å². The third kappa shape index (κ3) is 3.92. The Morgan fingerprint density at radius 2 is 2.04 bits per heavy atom. The quantitative estimate of drug-likeness (QED) is 0.885. The highest BCUT2D eigenvalue weighted by Crippen LogP contribution is 2.25. The summed E-state index contributed by atoms with van der Waals surface area (Å²) in [6.07, 6.45) is 2.41. The molecule has 1 heterocycles. The van der Waals surface area contributed by atoms with E-state index in [0.29, 0.717) is 12.1 Å². The summed E-state index contributed by atoms with van der Waals surface area (Å²) in [6.45, 7) is 4.08. The van der Waals surface area contributed by atoms with Gasteiger partial charge in [-0.05, 0) is 37.9 Å². The van der Waals surface area contributed by atoms with E-state index in [2.05, 4.69) is 54.0 Å². The number of hydrogen-bond donors (Lipinski definition) is 2. The summed E-state index contributed by atoms with van der Waals surface area (Å²) in [5.74, 6) is 0.955. The van der Waals surface area contributed by atoms with E-state index < -0.39 is 0 Å². The van der Waals surface area contributed by atoms with Crippen LogP contribution in [0.2, 0.25) is 0 Å². The van der Waals surface area contributed by atoms with E-state index in [1.807, 2.05) is 12.1 Å². The number of para-hydroxylation sites is 1. The Morgan fingerprint density at radius 1 is 1.17 bits per heavy atom. The molecule has 3 heteroatoms. The molecule has 0 amide bonds. The molecule has 3 nitrogen and oxygen atoms in total. The van der Waals surface area contributed by atoms with Gasteiger partial charge < -0.3 is 15.4 Å². The van der Waals surface area contributed by atoms with Crippen LogP contribution in [0.25, 0.3) is 0 Å². The first-order valence-corrected chi connectivity index (χ1v) is 8.43. The Balaban J connectivity index is 1.72. The van der Waals surface area contributed by atoms with Crippen LogP contribution >= 0.6 is 0 Å². The fourth-order valence-corrected chi connectivity index (χ4v) is 3.41. The van der Waals surface area contributed by atoms with Crippen molar-refractivity contribution in [3.05, 3.63) is 65.2 Å². The predicted octanol–water partition coefficient (Wildman–Crippen LogP) is 3.59. The lowest BCUT2D eigenvalue weighted by Crippen LogP contribution is -2.45. The molecule has 122 valence electrons. The average Bonchev–Trinajstić information content (AvgIpc) is 2.60. The highest BCUT2D eigenvalue weighted by Gasteiger charge is 2.25. The van der Waals surface area contributed by atoms with Crippen molar-refractivity contribution in [3.63, 3.8) is 0 Å². The van der Waals surface area contributed by atoms with Crippen LogP contribution in [-0.4, -0.2) is 19.7 Å². The van der Waals surface area contributed by atoms with Crippen LogP contribution in [0.3, 0.4) is 0 Å². The molecule has 0 radical (unpaired) electrons. The summed E-state index contributed by atoms with van der Waals surface area (Å²) in [7, 11) is 1.73. The number of piperidine rings is 1. The Kier molecular flexibility index (Phi) is 5.31. The third-order valence-electron chi connectivity index (χ3n) is 4.61. The highest BCUT2D eigenvalue weighted by molar-refractivity contribution is 5.33. The first kappa shape index (κ1) is 16.0. The van der Waals surface area contributed by atoms with E-state index in [9.17, 15) is 0 Å². The van der Waals surface area contributed by atoms with E-state index in [1.165, 1.54) is 29.5 Å². The zero-order valence-corrected chi connectivity index (χ0v) is 14.0. The zero-order chi connectivity index (χ0) is 16.1. The van der Waals surface area contributed by atoms with Crippen molar-refractivity contribution in [1.82, 2.24) is 10.6 Å². The summed E-state index contributed by atoms with van der Waals surface area (Å²) in [6, 6.07) is 17.9. The summed E-state index contributed by atoms with van der Waals surface area (Å²) < 4.78 is 5.46. The van der Waals surface area contributed by atoms with Crippen LogP contribution in [0.5, 0.6) is 5.75 Å². The van der Waals surface area contributed by atoms with Crippen LogP contribution < -0.4 is 15.4 Å². The fraction of sp³-hybridized carbons (Fsp3) is 0.400. The van der Waals surface area contributed by atoms with E-state index in [-0.39, 0.29) is 0 Å². The number of hydrogen-bond acceptors (Lipinski definition) is 3. The van der Waals surface area contributed by atoms with Gasteiger partial charge in [-0.2, -0.15) is 0 Å². The van der Waals surface area contributed by atoms with E-state index in [1.54, 1.807) is 7.11 Å². The predicted molar refractivity (Wildman–Crippen MR) is 94.8 cm³/mol. The molecular formula is C20H26N2O. The number of ether oxygens (including phenoxy) is 1. The van der Waals surface area contributed by atoms with E-state index in [4.69, 9.17) is 4.74 Å². The topological polar surface area (TPSA) is 33.3 Å². The molecule has 1 fully saturated rings. The maximum absolute atomic E-state index is 5.46. The third-order valence-corrected chi connectivity index (χ3v) is 4.61. The molecule has 0 aromatic heterocycles. The van der Waals surface area contributed by atoms with Gasteiger partial charge >= 0.3 is 0 Å². The Bertz CT molecular complexity index is 641. The van der Waals surface area contributed by atoms with Crippen molar-refractivity contribution in [3.8, 4) is 5.75 Å². The number of methoxy groups -OCH3 is 1. The molecule has 0 spiro atoms. The normalized spacial score (nSPS) is 21.1. The minimum Gasteiger partial charge on any atom is -0.496 e. The molecule has 23 heavy (non-hydrogen) atoms. The number of aryl methyl sites for hydroxylation is 1. The summed E-state index contributed by atoms with van der Waals surface area (Å²) in [4.78, 5) is 0. The molecule has 2 N–H and O–H groups in total. The summed E-state index contributed by atoms with van der Waals surface area (Å²) in [5.41, 5.74) is 3.91. The highest BCUT2D eigenvalue weighted by atomic mass is 16.5. The molecule has 0 aliphatic carbocycles. The van der Waals surface area contributed by atoms with E-state index in [0.717, 1.165) is 18.8 Å². The van der Waals surface area contributed by atoms with Gasteiger partial charge in [0, 0.05) is 24.2 Å². The molecule has 2 aromatic carbocycles. The van der Waals surface area contributed by atoms with Crippen LogP contribution in [-0.2, 0) is 6.54 Å². The molecule has 1 aliphatic rings. The second-order valence-corrected chi connectivity index (χ2v) is 6.29. The van der Waals surface area contributed by atoms with Gasteiger partial charge in [-0.3, -0.25) is 0 Å². The fourth-order valence-electron chi connectivity index (χ4n) is 3.41. The minimum absolute atomic E-state index is 0.373. The van der Waals surface area contributed by atoms with Crippen molar-refractivity contribution < 1.29 is 4.74 Å². The summed E-state index contributed by atoms with van der Waals surface area (Å²) in [5, 5.41) is 7.42. The van der Waals surface area contributed by atoms with Gasteiger partial charge in [0.1, 0.15) is 5.75 Å². The maximum Gasteiger partial charge on any atom is 0.123 e. The van der Waals surface area contributed by atoms with Gasteiger partial charge in [0.15, 0.2) is 0 Å². The smallest absolute Gasteiger partial charge is 0.123 e. The van der Waals surface area contributed by atoms with Crippen LogP contribution in [0.4, 0.5) is 0 Å². The monoisotopic (exact) mass is 310 g/mol. The first-order valence-electron chi connectivity index (χ1n) is 8.43. The molecule has 1 saturated heterocycles.